The first-order valence-electron chi connectivity index (χ1n) is 6.48. The molecule has 0 saturated carbocycles. The molecule has 0 aliphatic rings. The monoisotopic (exact) mass is 274 g/mol. The summed E-state index contributed by atoms with van der Waals surface area (Å²) < 4.78 is 0. The van der Waals surface area contributed by atoms with E-state index in [9.17, 15) is 5.11 Å². The van der Waals surface area contributed by atoms with Crippen LogP contribution in [-0.4, -0.2) is 5.11 Å². The maximum absolute atomic E-state index is 10.5. The van der Waals surface area contributed by atoms with Crippen LogP contribution in [-0.2, 0) is 6.42 Å². The van der Waals surface area contributed by atoms with Crippen molar-refractivity contribution < 1.29 is 5.11 Å². The summed E-state index contributed by atoms with van der Waals surface area (Å²) in [5.41, 5.74) is 5.50. The summed E-state index contributed by atoms with van der Waals surface area (Å²) in [4.78, 5) is 0. The van der Waals surface area contributed by atoms with Gasteiger partial charge < -0.3 is 5.11 Å². The van der Waals surface area contributed by atoms with E-state index in [1.165, 1.54) is 5.56 Å². The highest BCUT2D eigenvalue weighted by Gasteiger charge is 2.15. The van der Waals surface area contributed by atoms with E-state index in [2.05, 4.69) is 19.1 Å². The van der Waals surface area contributed by atoms with Gasteiger partial charge in [-0.1, -0.05) is 47.5 Å². The number of aliphatic hydroxyl groups is 1. The maximum atomic E-state index is 10.5. The van der Waals surface area contributed by atoms with Gasteiger partial charge in [0.25, 0.3) is 0 Å². The van der Waals surface area contributed by atoms with Gasteiger partial charge in [0.05, 0.1) is 6.10 Å². The lowest BCUT2D eigenvalue weighted by Crippen LogP contribution is -2.07. The molecule has 0 fully saturated rings. The van der Waals surface area contributed by atoms with Crippen LogP contribution >= 0.6 is 11.6 Å². The van der Waals surface area contributed by atoms with E-state index in [0.717, 1.165) is 22.3 Å². The summed E-state index contributed by atoms with van der Waals surface area (Å²) in [6.45, 7) is 6.17. The van der Waals surface area contributed by atoms with Crippen molar-refractivity contribution >= 4 is 11.6 Å². The Morgan fingerprint density at radius 1 is 1.05 bits per heavy atom. The van der Waals surface area contributed by atoms with Gasteiger partial charge in [0.2, 0.25) is 0 Å². The first-order valence-corrected chi connectivity index (χ1v) is 6.86. The van der Waals surface area contributed by atoms with Crippen LogP contribution in [0.3, 0.4) is 0 Å². The van der Waals surface area contributed by atoms with Gasteiger partial charge in [0.15, 0.2) is 0 Å². The highest BCUT2D eigenvalue weighted by molar-refractivity contribution is 6.31. The third-order valence-corrected chi connectivity index (χ3v) is 3.81. The summed E-state index contributed by atoms with van der Waals surface area (Å²) in [5, 5.41) is 11.2. The lowest BCUT2D eigenvalue weighted by molar-refractivity contribution is 0.177. The molecule has 1 nitrogen and oxygen atoms in total. The minimum atomic E-state index is -0.513. The third-order valence-electron chi connectivity index (χ3n) is 3.44. The van der Waals surface area contributed by atoms with E-state index in [4.69, 9.17) is 11.6 Å². The van der Waals surface area contributed by atoms with Crippen LogP contribution in [0.5, 0.6) is 0 Å². The highest BCUT2D eigenvalue weighted by Crippen LogP contribution is 2.28. The zero-order chi connectivity index (χ0) is 14.0. The van der Waals surface area contributed by atoms with Gasteiger partial charge >= 0.3 is 0 Å². The van der Waals surface area contributed by atoms with Crippen molar-refractivity contribution in [3.63, 3.8) is 0 Å². The van der Waals surface area contributed by atoms with Crippen LogP contribution in [0.15, 0.2) is 36.4 Å². The van der Waals surface area contributed by atoms with E-state index in [1.54, 1.807) is 0 Å². The maximum Gasteiger partial charge on any atom is 0.0836 e. The molecule has 1 unspecified atom stereocenters. The standard InChI is InChI=1S/C17H19ClO/c1-11-8-12(2)17(13(3)9-11)16(19)10-14-6-4-5-7-15(14)18/h4-9,16,19H,10H2,1-3H3. The highest BCUT2D eigenvalue weighted by atomic mass is 35.5. The molecule has 100 valence electrons. The lowest BCUT2D eigenvalue weighted by atomic mass is 9.92. The number of hydrogen-bond donors (Lipinski definition) is 1. The Balaban J connectivity index is 2.31. The molecule has 19 heavy (non-hydrogen) atoms. The number of hydrogen-bond acceptors (Lipinski definition) is 1. The minimum Gasteiger partial charge on any atom is -0.388 e. The Morgan fingerprint density at radius 2 is 1.63 bits per heavy atom. The van der Waals surface area contributed by atoms with E-state index in [-0.39, 0.29) is 0 Å². The van der Waals surface area contributed by atoms with Crippen molar-refractivity contribution in [2.24, 2.45) is 0 Å². The first kappa shape index (κ1) is 14.1. The molecule has 0 saturated heterocycles. The smallest absolute Gasteiger partial charge is 0.0836 e. The molecule has 2 aromatic rings. The SMILES string of the molecule is Cc1cc(C)c(C(O)Cc2ccccc2Cl)c(C)c1. The summed E-state index contributed by atoms with van der Waals surface area (Å²) in [6.07, 6.45) is 0.0326. The second-order valence-electron chi connectivity index (χ2n) is 5.12. The largest absolute Gasteiger partial charge is 0.388 e. The van der Waals surface area contributed by atoms with E-state index < -0.39 is 6.10 Å². The molecule has 2 aromatic carbocycles. The number of halogens is 1. The molecule has 0 aliphatic carbocycles. The second-order valence-corrected chi connectivity index (χ2v) is 5.53. The number of aliphatic hydroxyl groups excluding tert-OH is 1. The molecular formula is C17H19ClO. The molecule has 0 amide bonds. The quantitative estimate of drug-likeness (QED) is 0.871. The molecule has 0 aromatic heterocycles. The molecule has 0 aliphatic heterocycles. The first-order chi connectivity index (χ1) is 8.99. The third kappa shape index (κ3) is 3.17. The zero-order valence-electron chi connectivity index (χ0n) is 11.6. The van der Waals surface area contributed by atoms with Crippen LogP contribution in [0.1, 0.15) is 33.9 Å². The van der Waals surface area contributed by atoms with Gasteiger partial charge in [-0.3, -0.25) is 0 Å². The Bertz CT molecular complexity index is 567. The van der Waals surface area contributed by atoms with Crippen LogP contribution < -0.4 is 0 Å². The van der Waals surface area contributed by atoms with Crippen molar-refractivity contribution in [1.29, 1.82) is 0 Å². The normalized spacial score (nSPS) is 12.5. The van der Waals surface area contributed by atoms with Crippen molar-refractivity contribution in [1.82, 2.24) is 0 Å². The van der Waals surface area contributed by atoms with Crippen molar-refractivity contribution in [2.45, 2.75) is 33.3 Å². The predicted molar refractivity (Wildman–Crippen MR) is 80.8 cm³/mol. The second kappa shape index (κ2) is 5.77. The molecule has 2 rings (SSSR count). The molecule has 0 spiro atoms. The van der Waals surface area contributed by atoms with Crippen molar-refractivity contribution in [3.05, 3.63) is 69.2 Å². The minimum absolute atomic E-state index is 0.513. The molecule has 1 N–H and O–H groups in total. The predicted octanol–water partition coefficient (Wildman–Crippen LogP) is 4.54. The fourth-order valence-electron chi connectivity index (χ4n) is 2.69. The molecule has 0 heterocycles. The van der Waals surface area contributed by atoms with Gasteiger partial charge in [-0.05, 0) is 49.1 Å². The van der Waals surface area contributed by atoms with Gasteiger partial charge in [0, 0.05) is 11.4 Å². The number of benzene rings is 2. The van der Waals surface area contributed by atoms with Crippen LogP contribution in [0.25, 0.3) is 0 Å². The van der Waals surface area contributed by atoms with Gasteiger partial charge in [0.1, 0.15) is 0 Å². The van der Waals surface area contributed by atoms with Crippen molar-refractivity contribution in [3.8, 4) is 0 Å². The zero-order valence-corrected chi connectivity index (χ0v) is 12.3. The average Bonchev–Trinajstić information content (AvgIpc) is 2.30. The van der Waals surface area contributed by atoms with Gasteiger partial charge in [-0.2, -0.15) is 0 Å². The average molecular weight is 275 g/mol. The van der Waals surface area contributed by atoms with Crippen LogP contribution in [0.4, 0.5) is 0 Å². The summed E-state index contributed by atoms with van der Waals surface area (Å²) >= 11 is 6.15. The van der Waals surface area contributed by atoms with Crippen molar-refractivity contribution in [2.75, 3.05) is 0 Å². The lowest BCUT2D eigenvalue weighted by Gasteiger charge is -2.18. The van der Waals surface area contributed by atoms with Crippen LogP contribution in [0.2, 0.25) is 5.02 Å². The summed E-state index contributed by atoms with van der Waals surface area (Å²) in [6, 6.07) is 11.9. The summed E-state index contributed by atoms with van der Waals surface area (Å²) in [5.74, 6) is 0. The van der Waals surface area contributed by atoms with E-state index in [0.29, 0.717) is 11.4 Å². The van der Waals surface area contributed by atoms with Gasteiger partial charge in [-0.15, -0.1) is 0 Å². The number of aryl methyl sites for hydroxylation is 3. The molecular weight excluding hydrogens is 256 g/mol. The molecule has 1 atom stereocenters. The Hall–Kier alpha value is -1.31. The number of rotatable bonds is 3. The Kier molecular flexibility index (Phi) is 4.28. The Morgan fingerprint density at radius 3 is 2.21 bits per heavy atom. The van der Waals surface area contributed by atoms with E-state index >= 15 is 0 Å². The summed E-state index contributed by atoms with van der Waals surface area (Å²) in [7, 11) is 0. The Labute approximate surface area is 119 Å². The fourth-order valence-corrected chi connectivity index (χ4v) is 2.90. The fraction of sp³-hybridized carbons (Fsp3) is 0.294. The topological polar surface area (TPSA) is 20.2 Å². The van der Waals surface area contributed by atoms with Crippen LogP contribution in [0, 0.1) is 20.8 Å². The molecule has 0 bridgehead atoms. The van der Waals surface area contributed by atoms with E-state index in [1.807, 2.05) is 38.1 Å². The van der Waals surface area contributed by atoms with Gasteiger partial charge in [-0.25, -0.2) is 0 Å². The molecule has 0 radical (unpaired) electrons. The molecule has 2 heteroatoms.